The number of hydrogen-bond donors (Lipinski definition) is 1. The number of nitrogens with zero attached hydrogens (tertiary/aromatic N) is 2. The average molecular weight is 479 g/mol. The fraction of sp³-hybridized carbons (Fsp3) is 0.318. The Morgan fingerprint density at radius 1 is 1.32 bits per heavy atom. The first-order valence-corrected chi connectivity index (χ1v) is 12.5. The van der Waals surface area contributed by atoms with Crippen molar-refractivity contribution in [1.82, 2.24) is 9.88 Å². The molecule has 0 bridgehead atoms. The number of anilines is 1. The van der Waals surface area contributed by atoms with Crippen LogP contribution in [0.2, 0.25) is 5.02 Å². The van der Waals surface area contributed by atoms with E-state index in [9.17, 15) is 12.8 Å². The van der Waals surface area contributed by atoms with Gasteiger partial charge >= 0.3 is 0 Å². The molecule has 0 saturated carbocycles. The van der Waals surface area contributed by atoms with Gasteiger partial charge in [-0.05, 0) is 44.5 Å². The zero-order valence-electron chi connectivity index (χ0n) is 17.2. The van der Waals surface area contributed by atoms with Crippen molar-refractivity contribution in [2.75, 3.05) is 18.4 Å². The first-order valence-electron chi connectivity index (χ1n) is 9.78. The number of rotatable bonds is 6. The number of halogens is 2. The zero-order valence-corrected chi connectivity index (χ0v) is 19.5. The van der Waals surface area contributed by atoms with E-state index < -0.39 is 9.84 Å². The van der Waals surface area contributed by atoms with Gasteiger partial charge in [-0.1, -0.05) is 29.3 Å². The molecule has 1 saturated heterocycles. The summed E-state index contributed by atoms with van der Waals surface area (Å²) in [5, 5.41) is 5.28. The Bertz CT molecular complexity index is 1200. The summed E-state index contributed by atoms with van der Waals surface area (Å²) in [6.45, 7) is 6.12. The lowest BCUT2D eigenvalue weighted by Gasteiger charge is -2.28. The first-order chi connectivity index (χ1) is 14.7. The molecule has 31 heavy (non-hydrogen) atoms. The smallest absolute Gasteiger partial charge is 0.233 e. The van der Waals surface area contributed by atoms with Crippen molar-refractivity contribution in [3.05, 3.63) is 69.9 Å². The lowest BCUT2D eigenvalue weighted by molar-refractivity contribution is 0.310. The van der Waals surface area contributed by atoms with Gasteiger partial charge in [0.1, 0.15) is 12.0 Å². The molecule has 1 atom stereocenters. The second-order valence-electron chi connectivity index (χ2n) is 8.13. The van der Waals surface area contributed by atoms with Gasteiger partial charge in [0.25, 0.3) is 0 Å². The van der Waals surface area contributed by atoms with Crippen molar-refractivity contribution in [2.24, 2.45) is 0 Å². The fourth-order valence-electron chi connectivity index (χ4n) is 3.85. The maximum absolute atomic E-state index is 14.1. The van der Waals surface area contributed by atoms with Crippen LogP contribution in [0.1, 0.15) is 24.5 Å². The van der Waals surface area contributed by atoms with Crippen LogP contribution in [-0.4, -0.2) is 36.9 Å². The maximum Gasteiger partial charge on any atom is 0.233 e. The highest BCUT2D eigenvalue weighted by Gasteiger charge is 2.34. The monoisotopic (exact) mass is 478 g/mol. The van der Waals surface area contributed by atoms with E-state index in [1.807, 2.05) is 13.0 Å². The molecule has 3 aromatic rings. The lowest BCUT2D eigenvalue weighted by Crippen LogP contribution is -2.38. The number of thiazole rings is 1. The van der Waals surface area contributed by atoms with Crippen molar-refractivity contribution in [3.8, 4) is 0 Å². The van der Waals surface area contributed by atoms with Crippen LogP contribution in [0.15, 0.2) is 51.0 Å². The molecule has 1 fully saturated rings. The molecule has 0 spiro atoms. The van der Waals surface area contributed by atoms with Crippen LogP contribution in [0.25, 0.3) is 0 Å². The molecule has 5 nitrogen and oxygen atoms in total. The molecule has 0 aliphatic carbocycles. The molecule has 0 unspecified atom stereocenters. The summed E-state index contributed by atoms with van der Waals surface area (Å²) in [7, 11) is -3.71. The summed E-state index contributed by atoms with van der Waals surface area (Å²) in [5.74, 6) is -0.190. The van der Waals surface area contributed by atoms with Crippen LogP contribution in [0.3, 0.4) is 0 Å². The van der Waals surface area contributed by atoms with E-state index in [0.29, 0.717) is 29.4 Å². The third-order valence-electron chi connectivity index (χ3n) is 5.43. The number of likely N-dealkylation sites (tertiary alicyclic amines) is 1. The van der Waals surface area contributed by atoms with Gasteiger partial charge in [0.05, 0.1) is 15.6 Å². The number of nitrogens with one attached hydrogen (secondary N) is 1. The van der Waals surface area contributed by atoms with Crippen LogP contribution in [0, 0.1) is 18.9 Å². The third kappa shape index (κ3) is 4.77. The summed E-state index contributed by atoms with van der Waals surface area (Å²) in [4.78, 5) is 6.08. The van der Waals surface area contributed by atoms with Gasteiger partial charge in [-0.2, -0.15) is 0 Å². The Kier molecular flexibility index (Phi) is 6.09. The SMILES string of the molecule is Cc1ccc(F)c(CN2CC[C@](C)(Nc3ccc(S(=O)(=O)c4n[c]cs4)cc3Cl)C2)c1. The molecular formula is C22H22ClFN3O2S2. The van der Waals surface area contributed by atoms with E-state index in [4.69, 9.17) is 11.6 Å². The number of aromatic nitrogens is 1. The summed E-state index contributed by atoms with van der Waals surface area (Å²) in [6, 6.07) is 9.82. The van der Waals surface area contributed by atoms with Crippen molar-refractivity contribution in [2.45, 2.75) is 41.6 Å². The van der Waals surface area contributed by atoms with Crippen molar-refractivity contribution >= 4 is 38.5 Å². The molecule has 1 aliphatic heterocycles. The van der Waals surface area contributed by atoms with Crippen molar-refractivity contribution < 1.29 is 12.8 Å². The number of benzene rings is 2. The molecule has 163 valence electrons. The van der Waals surface area contributed by atoms with E-state index in [2.05, 4.69) is 28.3 Å². The molecule has 2 aromatic carbocycles. The van der Waals surface area contributed by atoms with Gasteiger partial charge in [0, 0.05) is 36.1 Å². The number of sulfone groups is 1. The van der Waals surface area contributed by atoms with E-state index >= 15 is 0 Å². The van der Waals surface area contributed by atoms with E-state index in [1.54, 1.807) is 12.1 Å². The van der Waals surface area contributed by atoms with Crippen LogP contribution in [-0.2, 0) is 16.4 Å². The normalized spacial score (nSPS) is 19.6. The second kappa shape index (κ2) is 8.50. The minimum atomic E-state index is -3.71. The lowest BCUT2D eigenvalue weighted by atomic mass is 10.0. The summed E-state index contributed by atoms with van der Waals surface area (Å²) in [6.07, 6.45) is 3.38. The molecule has 0 amide bonds. The van der Waals surface area contributed by atoms with E-state index in [0.717, 1.165) is 29.9 Å². The summed E-state index contributed by atoms with van der Waals surface area (Å²) in [5.41, 5.74) is 2.12. The minimum Gasteiger partial charge on any atom is -0.377 e. The molecular weight excluding hydrogens is 457 g/mol. The Hall–Kier alpha value is -2.00. The van der Waals surface area contributed by atoms with Crippen molar-refractivity contribution in [3.63, 3.8) is 0 Å². The maximum atomic E-state index is 14.1. The number of hydrogen-bond acceptors (Lipinski definition) is 6. The highest BCUT2D eigenvalue weighted by atomic mass is 35.5. The second-order valence-corrected chi connectivity index (χ2v) is 11.5. The molecule has 1 radical (unpaired) electrons. The highest BCUT2D eigenvalue weighted by molar-refractivity contribution is 7.93. The largest absolute Gasteiger partial charge is 0.377 e. The Labute approximate surface area is 190 Å². The van der Waals surface area contributed by atoms with Gasteiger partial charge in [0.15, 0.2) is 0 Å². The third-order valence-corrected chi connectivity index (χ3v) is 8.63. The van der Waals surface area contributed by atoms with Gasteiger partial charge in [-0.3, -0.25) is 4.90 Å². The molecule has 9 heteroatoms. The quantitative estimate of drug-likeness (QED) is 0.543. The van der Waals surface area contributed by atoms with Crippen molar-refractivity contribution in [1.29, 1.82) is 0 Å². The fourth-order valence-corrected chi connectivity index (χ4v) is 6.29. The van der Waals surface area contributed by atoms with Crippen LogP contribution in [0.5, 0.6) is 0 Å². The van der Waals surface area contributed by atoms with Crippen LogP contribution < -0.4 is 5.32 Å². The van der Waals surface area contributed by atoms with Gasteiger partial charge in [-0.15, -0.1) is 11.3 Å². The Morgan fingerprint density at radius 3 is 2.84 bits per heavy atom. The standard InChI is InChI=1S/C22H22ClFN3O2S2/c1-15-3-5-19(24)16(11-15)13-27-9-7-22(2,14-27)26-20-6-4-17(12-18(20)23)31(28,29)21-25-8-10-30-21/h3-6,10-12,26H,7,9,13-14H2,1-2H3/t22-/m0/s1. The Balaban J connectivity index is 1.47. The van der Waals surface area contributed by atoms with E-state index in [-0.39, 0.29) is 20.6 Å². The van der Waals surface area contributed by atoms with Crippen LogP contribution in [0.4, 0.5) is 10.1 Å². The van der Waals surface area contributed by atoms with E-state index in [1.165, 1.54) is 23.6 Å². The van der Waals surface area contributed by atoms with Crippen LogP contribution >= 0.6 is 22.9 Å². The minimum absolute atomic E-state index is 0.00828. The molecule has 1 N–H and O–H groups in total. The number of aryl methyl sites for hydroxylation is 1. The zero-order chi connectivity index (χ0) is 22.2. The molecule has 2 heterocycles. The molecule has 1 aliphatic rings. The van der Waals surface area contributed by atoms with Gasteiger partial charge in [0.2, 0.25) is 14.2 Å². The predicted octanol–water partition coefficient (Wildman–Crippen LogP) is 4.95. The average Bonchev–Trinajstić information content (AvgIpc) is 3.37. The Morgan fingerprint density at radius 2 is 2.13 bits per heavy atom. The first kappa shape index (κ1) is 22.2. The predicted molar refractivity (Wildman–Crippen MR) is 121 cm³/mol. The highest BCUT2D eigenvalue weighted by Crippen LogP contribution is 2.33. The summed E-state index contributed by atoms with van der Waals surface area (Å²) >= 11 is 7.44. The van der Waals surface area contributed by atoms with Gasteiger partial charge < -0.3 is 5.32 Å². The summed E-state index contributed by atoms with van der Waals surface area (Å²) < 4.78 is 39.4. The topological polar surface area (TPSA) is 62.3 Å². The molecule has 1 aromatic heterocycles. The van der Waals surface area contributed by atoms with Gasteiger partial charge in [-0.25, -0.2) is 17.8 Å². The molecule has 4 rings (SSSR count).